The average Bonchev–Trinajstić information content (AvgIpc) is 3.00. The van der Waals surface area contributed by atoms with Crippen LogP contribution in [0.2, 0.25) is 5.02 Å². The molecule has 1 aliphatic heterocycles. The molecule has 1 N–H and O–H groups in total. The number of alkyl halides is 2. The first-order valence-corrected chi connectivity index (χ1v) is 10.8. The van der Waals surface area contributed by atoms with Gasteiger partial charge in [0.15, 0.2) is 5.17 Å². The van der Waals surface area contributed by atoms with E-state index in [4.69, 9.17) is 11.6 Å². The third-order valence-corrected chi connectivity index (χ3v) is 5.68. The van der Waals surface area contributed by atoms with Gasteiger partial charge in [0, 0.05) is 23.7 Å². The summed E-state index contributed by atoms with van der Waals surface area (Å²) >= 11 is 7.06. The Labute approximate surface area is 187 Å². The van der Waals surface area contributed by atoms with Gasteiger partial charge in [-0.05, 0) is 55.0 Å². The molecule has 3 rings (SSSR count). The number of ether oxygens (including phenoxy) is 1. The van der Waals surface area contributed by atoms with Crippen molar-refractivity contribution in [2.75, 3.05) is 11.9 Å². The molecule has 1 heterocycles. The number of carbonyl (C=O) groups is 2. The Kier molecular flexibility index (Phi) is 7.86. The number of thioether (sulfide) groups is 1. The van der Waals surface area contributed by atoms with Gasteiger partial charge in [0.2, 0.25) is 11.8 Å². The van der Waals surface area contributed by atoms with Crippen molar-refractivity contribution in [1.82, 2.24) is 4.90 Å². The van der Waals surface area contributed by atoms with Gasteiger partial charge in [-0.15, -0.1) is 0 Å². The Morgan fingerprint density at radius 3 is 2.52 bits per heavy atom. The number of amides is 2. The van der Waals surface area contributed by atoms with Gasteiger partial charge in [-0.1, -0.05) is 30.3 Å². The van der Waals surface area contributed by atoms with Gasteiger partial charge in [-0.3, -0.25) is 14.5 Å². The number of hydrogen-bond acceptors (Lipinski definition) is 5. The molecule has 2 aromatic carbocycles. The highest BCUT2D eigenvalue weighted by molar-refractivity contribution is 8.15. The number of amidine groups is 1. The van der Waals surface area contributed by atoms with Crippen molar-refractivity contribution < 1.29 is 23.1 Å². The van der Waals surface area contributed by atoms with Crippen molar-refractivity contribution >= 4 is 51.7 Å². The van der Waals surface area contributed by atoms with E-state index in [-0.39, 0.29) is 24.0 Å². The summed E-state index contributed by atoms with van der Waals surface area (Å²) in [7, 11) is 0. The summed E-state index contributed by atoms with van der Waals surface area (Å²) in [6.45, 7) is -0.501. The standard InChI is InChI=1S/C21H20ClF2N3O3S/c1-2-11-27-19(29)17(12-18(28)25-14-5-3-13(22)4-6-14)31-21(27)26-15-7-9-16(10-8-15)30-20(23)24/h3-10,17,20H,2,11-12H2,1H3,(H,25,28). The number of nitrogens with one attached hydrogen (secondary N) is 1. The molecule has 1 fully saturated rings. The number of halogens is 3. The van der Waals surface area contributed by atoms with E-state index in [0.717, 1.165) is 6.42 Å². The first kappa shape index (κ1) is 23.0. The third kappa shape index (κ3) is 6.41. The van der Waals surface area contributed by atoms with E-state index in [1.807, 2.05) is 6.92 Å². The lowest BCUT2D eigenvalue weighted by Gasteiger charge is -2.15. The molecule has 1 atom stereocenters. The summed E-state index contributed by atoms with van der Waals surface area (Å²) in [6.07, 6.45) is 0.711. The van der Waals surface area contributed by atoms with Gasteiger partial charge >= 0.3 is 6.61 Å². The van der Waals surface area contributed by atoms with Gasteiger partial charge in [0.25, 0.3) is 0 Å². The van der Waals surface area contributed by atoms with E-state index < -0.39 is 11.9 Å². The lowest BCUT2D eigenvalue weighted by molar-refractivity contribution is -0.128. The minimum Gasteiger partial charge on any atom is -0.435 e. The van der Waals surface area contributed by atoms with Crippen LogP contribution in [0.5, 0.6) is 5.75 Å². The molecule has 1 unspecified atom stereocenters. The first-order chi connectivity index (χ1) is 14.9. The van der Waals surface area contributed by atoms with Crippen LogP contribution >= 0.6 is 23.4 Å². The molecule has 1 aliphatic rings. The Hall–Kier alpha value is -2.65. The zero-order valence-electron chi connectivity index (χ0n) is 16.6. The molecule has 10 heteroatoms. The molecule has 164 valence electrons. The summed E-state index contributed by atoms with van der Waals surface area (Å²) < 4.78 is 28.9. The molecule has 0 bridgehead atoms. The number of anilines is 1. The number of nitrogens with zero attached hydrogens (tertiary/aromatic N) is 2. The molecule has 6 nitrogen and oxygen atoms in total. The van der Waals surface area contributed by atoms with E-state index in [1.165, 1.54) is 36.0 Å². The van der Waals surface area contributed by atoms with Crippen LogP contribution in [0.25, 0.3) is 0 Å². The smallest absolute Gasteiger partial charge is 0.387 e. The topological polar surface area (TPSA) is 71.0 Å². The molecule has 0 aliphatic carbocycles. The maximum absolute atomic E-state index is 12.8. The van der Waals surface area contributed by atoms with Crippen molar-refractivity contribution in [2.24, 2.45) is 4.99 Å². The van der Waals surface area contributed by atoms with E-state index >= 15 is 0 Å². The first-order valence-electron chi connectivity index (χ1n) is 9.52. The number of benzene rings is 2. The number of carbonyl (C=O) groups excluding carboxylic acids is 2. The van der Waals surface area contributed by atoms with Crippen LogP contribution < -0.4 is 10.1 Å². The highest BCUT2D eigenvalue weighted by Gasteiger charge is 2.38. The van der Waals surface area contributed by atoms with Crippen LogP contribution in [0.15, 0.2) is 53.5 Å². The fraction of sp³-hybridized carbons (Fsp3) is 0.286. The Balaban J connectivity index is 1.69. The van der Waals surface area contributed by atoms with Crippen molar-refractivity contribution in [1.29, 1.82) is 0 Å². The molecule has 0 spiro atoms. The molecular formula is C21H20ClF2N3O3S. The second-order valence-electron chi connectivity index (χ2n) is 6.62. The molecule has 2 aromatic rings. The number of rotatable bonds is 8. The normalized spacial score (nSPS) is 17.5. The fourth-order valence-electron chi connectivity index (χ4n) is 2.88. The highest BCUT2D eigenvalue weighted by Crippen LogP contribution is 2.32. The minimum atomic E-state index is -2.90. The zero-order valence-corrected chi connectivity index (χ0v) is 18.1. The summed E-state index contributed by atoms with van der Waals surface area (Å²) in [6, 6.07) is 12.5. The second-order valence-corrected chi connectivity index (χ2v) is 8.23. The van der Waals surface area contributed by atoms with Gasteiger partial charge in [0.1, 0.15) is 11.0 Å². The molecule has 1 saturated heterocycles. The van der Waals surface area contributed by atoms with Crippen molar-refractivity contribution in [3.05, 3.63) is 53.6 Å². The average molecular weight is 468 g/mol. The van der Waals surface area contributed by atoms with Crippen molar-refractivity contribution in [3.63, 3.8) is 0 Å². The predicted octanol–water partition coefficient (Wildman–Crippen LogP) is 5.31. The van der Waals surface area contributed by atoms with Crippen LogP contribution in [0, 0.1) is 0 Å². The zero-order chi connectivity index (χ0) is 22.4. The lowest BCUT2D eigenvalue weighted by atomic mass is 10.2. The van der Waals surface area contributed by atoms with Crippen LogP contribution in [0.4, 0.5) is 20.2 Å². The van der Waals surface area contributed by atoms with E-state index in [9.17, 15) is 18.4 Å². The second kappa shape index (κ2) is 10.6. The monoisotopic (exact) mass is 467 g/mol. The minimum absolute atomic E-state index is 0.00741. The molecule has 31 heavy (non-hydrogen) atoms. The Morgan fingerprint density at radius 1 is 1.23 bits per heavy atom. The van der Waals surface area contributed by atoms with Crippen LogP contribution in [-0.4, -0.2) is 40.3 Å². The summed E-state index contributed by atoms with van der Waals surface area (Å²) in [5.41, 5.74) is 1.08. The quantitative estimate of drug-likeness (QED) is 0.571. The number of hydrogen-bond donors (Lipinski definition) is 1. The maximum atomic E-state index is 12.8. The number of aliphatic imine (C=N–C) groups is 1. The lowest BCUT2D eigenvalue weighted by Crippen LogP contribution is -2.34. The van der Waals surface area contributed by atoms with Gasteiger partial charge in [-0.2, -0.15) is 8.78 Å². The summed E-state index contributed by atoms with van der Waals surface area (Å²) in [5, 5.41) is 3.19. The Bertz CT molecular complexity index is 955. The largest absolute Gasteiger partial charge is 0.435 e. The highest BCUT2D eigenvalue weighted by atomic mass is 35.5. The van der Waals surface area contributed by atoms with E-state index in [0.29, 0.717) is 28.1 Å². The fourth-order valence-corrected chi connectivity index (χ4v) is 4.19. The van der Waals surface area contributed by atoms with Gasteiger partial charge < -0.3 is 10.1 Å². The molecular weight excluding hydrogens is 448 g/mol. The van der Waals surface area contributed by atoms with Crippen LogP contribution in [-0.2, 0) is 9.59 Å². The van der Waals surface area contributed by atoms with Crippen LogP contribution in [0.3, 0.4) is 0 Å². The van der Waals surface area contributed by atoms with Gasteiger partial charge in [0.05, 0.1) is 5.69 Å². The maximum Gasteiger partial charge on any atom is 0.387 e. The Morgan fingerprint density at radius 2 is 1.90 bits per heavy atom. The molecule has 0 aromatic heterocycles. The predicted molar refractivity (Wildman–Crippen MR) is 118 cm³/mol. The van der Waals surface area contributed by atoms with Crippen molar-refractivity contribution in [3.8, 4) is 5.75 Å². The SMILES string of the molecule is CCCN1C(=O)C(CC(=O)Nc2ccc(Cl)cc2)SC1=Nc1ccc(OC(F)F)cc1. The summed E-state index contributed by atoms with van der Waals surface area (Å²) in [5.74, 6) is -0.454. The van der Waals surface area contributed by atoms with Gasteiger partial charge in [-0.25, -0.2) is 4.99 Å². The summed E-state index contributed by atoms with van der Waals surface area (Å²) in [4.78, 5) is 31.3. The van der Waals surface area contributed by atoms with E-state index in [2.05, 4.69) is 15.0 Å². The van der Waals surface area contributed by atoms with E-state index in [1.54, 1.807) is 29.2 Å². The molecule has 0 radical (unpaired) electrons. The third-order valence-electron chi connectivity index (χ3n) is 4.25. The van der Waals surface area contributed by atoms with Crippen molar-refractivity contribution in [2.45, 2.75) is 31.6 Å². The molecule has 0 saturated carbocycles. The van der Waals surface area contributed by atoms with Crippen LogP contribution in [0.1, 0.15) is 19.8 Å². The molecule has 2 amide bonds.